The van der Waals surface area contributed by atoms with E-state index in [1.165, 1.54) is 0 Å². The number of nitriles is 1. The second-order valence-electron chi connectivity index (χ2n) is 5.96. The zero-order valence-electron chi connectivity index (χ0n) is 14.7. The lowest BCUT2D eigenvalue weighted by Gasteiger charge is -2.23. The van der Waals surface area contributed by atoms with E-state index < -0.39 is 11.5 Å². The van der Waals surface area contributed by atoms with Crippen molar-refractivity contribution in [3.05, 3.63) is 68.2 Å². The highest BCUT2D eigenvalue weighted by molar-refractivity contribution is 7.71. The van der Waals surface area contributed by atoms with Crippen LogP contribution >= 0.6 is 12.2 Å². The Hall–Kier alpha value is -3.70. The van der Waals surface area contributed by atoms with E-state index in [1.807, 2.05) is 36.4 Å². The number of nitrogens with zero attached hydrogens (tertiary/aromatic N) is 1. The predicted molar refractivity (Wildman–Crippen MR) is 105 cm³/mol. The second-order valence-corrected chi connectivity index (χ2v) is 6.36. The summed E-state index contributed by atoms with van der Waals surface area (Å²) < 4.78 is 11.0. The molecule has 0 fully saturated rings. The number of aromatic amines is 2. The fraction of sp³-hybridized carbons (Fsp3) is 0.100. The normalized spacial score (nSPS) is 13.7. The van der Waals surface area contributed by atoms with Gasteiger partial charge < -0.3 is 14.5 Å². The number of fused-ring (bicyclic) bond motifs is 4. The number of rotatable bonds is 2. The van der Waals surface area contributed by atoms with E-state index in [-0.39, 0.29) is 34.0 Å². The van der Waals surface area contributed by atoms with Crippen LogP contribution in [0.5, 0.6) is 11.6 Å². The van der Waals surface area contributed by atoms with Crippen molar-refractivity contribution in [1.29, 1.82) is 5.26 Å². The maximum atomic E-state index is 12.7. The first-order chi connectivity index (χ1) is 13.5. The van der Waals surface area contributed by atoms with Crippen LogP contribution in [0.2, 0.25) is 0 Å². The molecule has 28 heavy (non-hydrogen) atoms. The van der Waals surface area contributed by atoms with Gasteiger partial charge in [-0.15, -0.1) is 0 Å². The smallest absolute Gasteiger partial charge is 0.349 e. The van der Waals surface area contributed by atoms with Gasteiger partial charge in [0.05, 0.1) is 6.61 Å². The molecular formula is C20H13N3O4S. The molecule has 3 aromatic rings. The number of carbonyl (C=O) groups is 1. The number of nitrogens with one attached hydrogen (secondary N) is 2. The molecular weight excluding hydrogens is 378 g/mol. The van der Waals surface area contributed by atoms with Gasteiger partial charge in [-0.1, -0.05) is 30.3 Å². The van der Waals surface area contributed by atoms with Gasteiger partial charge in [0, 0.05) is 11.1 Å². The highest BCUT2D eigenvalue weighted by Gasteiger charge is 2.32. The SMILES string of the molecule is CCOC(=O)/C(C#N)=C1/c2c([nH]c(=S)[nH]c2=O)Oc2ccc3ccccc3c21. The van der Waals surface area contributed by atoms with Crippen molar-refractivity contribution < 1.29 is 14.3 Å². The Bertz CT molecular complexity index is 1330. The van der Waals surface area contributed by atoms with Crippen LogP contribution in [0, 0.1) is 16.1 Å². The largest absolute Gasteiger partial charge is 0.462 e. The second kappa shape index (κ2) is 6.79. The average Bonchev–Trinajstić information content (AvgIpc) is 2.67. The topological polar surface area (TPSA) is 108 Å². The summed E-state index contributed by atoms with van der Waals surface area (Å²) in [6, 6.07) is 12.9. The number of hydrogen-bond acceptors (Lipinski definition) is 6. The van der Waals surface area contributed by atoms with Crippen LogP contribution in [0.1, 0.15) is 18.1 Å². The number of esters is 1. The highest BCUT2D eigenvalue weighted by atomic mass is 32.1. The van der Waals surface area contributed by atoms with Crippen LogP contribution < -0.4 is 10.3 Å². The van der Waals surface area contributed by atoms with Gasteiger partial charge in [-0.3, -0.25) is 9.78 Å². The van der Waals surface area contributed by atoms with Gasteiger partial charge in [-0.2, -0.15) is 5.26 Å². The van der Waals surface area contributed by atoms with Crippen molar-refractivity contribution in [3.8, 4) is 17.7 Å². The van der Waals surface area contributed by atoms with E-state index in [9.17, 15) is 14.9 Å². The minimum Gasteiger partial charge on any atom is -0.462 e. The van der Waals surface area contributed by atoms with Gasteiger partial charge in [0.2, 0.25) is 5.88 Å². The van der Waals surface area contributed by atoms with E-state index in [0.717, 1.165) is 10.8 Å². The molecule has 0 radical (unpaired) electrons. The summed E-state index contributed by atoms with van der Waals surface area (Å²) in [4.78, 5) is 30.5. The summed E-state index contributed by atoms with van der Waals surface area (Å²) in [5.74, 6) is -0.341. The maximum Gasteiger partial charge on any atom is 0.349 e. The Morgan fingerprint density at radius 1 is 1.21 bits per heavy atom. The van der Waals surface area contributed by atoms with E-state index in [4.69, 9.17) is 21.7 Å². The van der Waals surface area contributed by atoms with Crippen molar-refractivity contribution >= 4 is 34.5 Å². The summed E-state index contributed by atoms with van der Waals surface area (Å²) in [5, 5.41) is 11.4. The monoisotopic (exact) mass is 391 g/mol. The number of carbonyl (C=O) groups excluding carboxylic acids is 1. The minimum atomic E-state index is -0.811. The van der Waals surface area contributed by atoms with Gasteiger partial charge >= 0.3 is 5.97 Å². The minimum absolute atomic E-state index is 0.0297. The van der Waals surface area contributed by atoms with Crippen LogP contribution in [0.25, 0.3) is 16.3 Å². The molecule has 1 aliphatic rings. The molecule has 1 aromatic heterocycles. The molecule has 7 nitrogen and oxygen atoms in total. The standard InChI is InChI=1S/C20H13N3O4S/c1-2-26-19(25)12(9-21)15-14-11-6-4-3-5-10(11)7-8-13(14)27-18-16(15)17(24)22-20(28)23-18/h3-8H,2H2,1H3,(H2,22,23,24,28)/b15-12+. The third kappa shape index (κ3) is 2.69. The molecule has 0 spiro atoms. The zero-order chi connectivity index (χ0) is 19.8. The van der Waals surface area contributed by atoms with Gasteiger partial charge in [0.25, 0.3) is 5.56 Å². The molecule has 138 valence electrons. The van der Waals surface area contributed by atoms with Crippen molar-refractivity contribution in [2.45, 2.75) is 6.92 Å². The highest BCUT2D eigenvalue weighted by Crippen LogP contribution is 2.45. The van der Waals surface area contributed by atoms with Crippen LogP contribution in [-0.4, -0.2) is 22.5 Å². The van der Waals surface area contributed by atoms with Gasteiger partial charge in [-0.05, 0) is 36.0 Å². The Balaban J connectivity index is 2.20. The first kappa shape index (κ1) is 17.7. The first-order valence-corrected chi connectivity index (χ1v) is 8.84. The Labute approximate surface area is 163 Å². The maximum absolute atomic E-state index is 12.7. The Morgan fingerprint density at radius 2 is 2.00 bits per heavy atom. The Morgan fingerprint density at radius 3 is 2.75 bits per heavy atom. The van der Waals surface area contributed by atoms with E-state index in [1.54, 1.807) is 13.0 Å². The van der Waals surface area contributed by atoms with Crippen LogP contribution in [0.15, 0.2) is 46.8 Å². The van der Waals surface area contributed by atoms with Crippen molar-refractivity contribution in [1.82, 2.24) is 9.97 Å². The third-order valence-corrected chi connectivity index (χ3v) is 4.56. The molecule has 8 heteroatoms. The summed E-state index contributed by atoms with van der Waals surface area (Å²) in [5.41, 5.74) is -0.181. The molecule has 0 saturated carbocycles. The molecule has 0 atom stereocenters. The van der Waals surface area contributed by atoms with Gasteiger partial charge in [0.15, 0.2) is 4.77 Å². The Kier molecular flexibility index (Phi) is 4.29. The molecule has 0 aliphatic carbocycles. The number of hydrogen-bond donors (Lipinski definition) is 2. The third-order valence-electron chi connectivity index (χ3n) is 4.35. The zero-order valence-corrected chi connectivity index (χ0v) is 15.5. The molecule has 2 heterocycles. The predicted octanol–water partition coefficient (Wildman–Crippen LogP) is 3.58. The average molecular weight is 391 g/mol. The molecule has 4 rings (SSSR count). The van der Waals surface area contributed by atoms with E-state index in [2.05, 4.69) is 9.97 Å². The number of ether oxygens (including phenoxy) is 2. The fourth-order valence-electron chi connectivity index (χ4n) is 3.26. The van der Waals surface area contributed by atoms with Gasteiger partial charge in [-0.25, -0.2) is 4.79 Å². The number of benzene rings is 2. The van der Waals surface area contributed by atoms with Crippen molar-refractivity contribution in [3.63, 3.8) is 0 Å². The lowest BCUT2D eigenvalue weighted by atomic mass is 9.88. The summed E-state index contributed by atoms with van der Waals surface area (Å²) in [6.07, 6.45) is 0. The molecule has 0 amide bonds. The van der Waals surface area contributed by atoms with E-state index in [0.29, 0.717) is 11.3 Å². The summed E-state index contributed by atoms with van der Waals surface area (Å²) >= 11 is 5.02. The summed E-state index contributed by atoms with van der Waals surface area (Å²) in [7, 11) is 0. The van der Waals surface area contributed by atoms with Gasteiger partial charge in [0.1, 0.15) is 23.0 Å². The van der Waals surface area contributed by atoms with E-state index >= 15 is 0 Å². The molecule has 1 aliphatic heterocycles. The van der Waals surface area contributed by atoms with Crippen LogP contribution in [0.3, 0.4) is 0 Å². The van der Waals surface area contributed by atoms with Crippen molar-refractivity contribution in [2.75, 3.05) is 6.61 Å². The molecule has 0 saturated heterocycles. The van der Waals surface area contributed by atoms with Crippen molar-refractivity contribution in [2.24, 2.45) is 0 Å². The molecule has 0 bridgehead atoms. The number of H-pyrrole nitrogens is 2. The van der Waals surface area contributed by atoms with Crippen LogP contribution in [0.4, 0.5) is 0 Å². The molecule has 0 unspecified atom stereocenters. The molecule has 2 aromatic carbocycles. The lowest BCUT2D eigenvalue weighted by molar-refractivity contribution is -0.137. The lowest BCUT2D eigenvalue weighted by Crippen LogP contribution is -2.21. The quantitative estimate of drug-likeness (QED) is 0.234. The van der Waals surface area contributed by atoms with Crippen LogP contribution in [-0.2, 0) is 9.53 Å². The fourth-order valence-corrected chi connectivity index (χ4v) is 3.44. The molecule has 2 N–H and O–H groups in total. The number of aromatic nitrogens is 2. The first-order valence-electron chi connectivity index (χ1n) is 8.43. The summed E-state index contributed by atoms with van der Waals surface area (Å²) in [6.45, 7) is 1.74.